The molecule has 2 aromatic heterocycles. The number of ether oxygens (including phenoxy) is 1. The van der Waals surface area contributed by atoms with Gasteiger partial charge in [0.2, 0.25) is 0 Å². The SMILES string of the molecule is CCOC(=O)C(C)=Cc1ccc(Cn2c(-c3cccnc3)c(C)c3ccccc32)cc1. The highest BCUT2D eigenvalue weighted by Crippen LogP contribution is 2.33. The van der Waals surface area contributed by atoms with Crippen molar-refractivity contribution >= 4 is 22.9 Å². The first-order chi connectivity index (χ1) is 15.1. The summed E-state index contributed by atoms with van der Waals surface area (Å²) in [5.41, 5.74) is 7.54. The summed E-state index contributed by atoms with van der Waals surface area (Å²) in [6.45, 7) is 6.90. The molecule has 2 heterocycles. The van der Waals surface area contributed by atoms with Crippen LogP contribution in [0.5, 0.6) is 0 Å². The van der Waals surface area contributed by atoms with Crippen LogP contribution in [0, 0.1) is 6.92 Å². The summed E-state index contributed by atoms with van der Waals surface area (Å²) in [5.74, 6) is -0.276. The second kappa shape index (κ2) is 9.00. The van der Waals surface area contributed by atoms with Crippen LogP contribution in [-0.2, 0) is 16.1 Å². The van der Waals surface area contributed by atoms with Gasteiger partial charge in [0.05, 0.1) is 12.3 Å². The Labute approximate surface area is 182 Å². The van der Waals surface area contributed by atoms with Gasteiger partial charge in [-0.25, -0.2) is 4.79 Å². The summed E-state index contributed by atoms with van der Waals surface area (Å²) < 4.78 is 7.42. The smallest absolute Gasteiger partial charge is 0.333 e. The lowest BCUT2D eigenvalue weighted by atomic mass is 10.1. The van der Waals surface area contributed by atoms with Crippen molar-refractivity contribution in [3.05, 3.63) is 95.3 Å². The molecule has 4 aromatic rings. The standard InChI is InChI=1S/C27H26N2O2/c1-4-31-27(30)19(2)16-21-11-13-22(14-12-21)18-29-25-10-6-5-9-24(25)20(3)26(29)23-8-7-15-28-17-23/h5-17H,4,18H2,1-3H3. The summed E-state index contributed by atoms with van der Waals surface area (Å²) >= 11 is 0. The molecule has 0 saturated carbocycles. The predicted octanol–water partition coefficient (Wildman–Crippen LogP) is 6.03. The number of esters is 1. The average molecular weight is 411 g/mol. The molecule has 0 fully saturated rings. The third-order valence-corrected chi connectivity index (χ3v) is 5.46. The Morgan fingerprint density at radius 3 is 2.55 bits per heavy atom. The highest BCUT2D eigenvalue weighted by Gasteiger charge is 2.16. The molecule has 0 unspecified atom stereocenters. The molecule has 2 aromatic carbocycles. The average Bonchev–Trinajstić information content (AvgIpc) is 3.07. The van der Waals surface area contributed by atoms with Gasteiger partial charge >= 0.3 is 5.97 Å². The Bertz CT molecular complexity index is 1240. The Kier molecular flexibility index (Phi) is 5.99. The number of fused-ring (bicyclic) bond motifs is 1. The molecule has 0 saturated heterocycles. The molecular weight excluding hydrogens is 384 g/mol. The fourth-order valence-corrected chi connectivity index (χ4v) is 3.97. The number of nitrogens with zero attached hydrogens (tertiary/aromatic N) is 2. The van der Waals surface area contributed by atoms with Crippen LogP contribution in [0.2, 0.25) is 0 Å². The topological polar surface area (TPSA) is 44.1 Å². The van der Waals surface area contributed by atoms with E-state index in [4.69, 9.17) is 4.74 Å². The normalized spacial score (nSPS) is 11.6. The molecule has 0 bridgehead atoms. The van der Waals surface area contributed by atoms with Gasteiger partial charge in [0.15, 0.2) is 0 Å². The Hall–Kier alpha value is -3.66. The van der Waals surface area contributed by atoms with Crippen LogP contribution in [0.1, 0.15) is 30.5 Å². The van der Waals surface area contributed by atoms with Gasteiger partial charge in [-0.05, 0) is 61.7 Å². The number of carbonyl (C=O) groups excluding carboxylic acids is 1. The third kappa shape index (κ3) is 4.29. The maximum absolute atomic E-state index is 11.9. The number of aromatic nitrogens is 2. The maximum Gasteiger partial charge on any atom is 0.333 e. The van der Waals surface area contributed by atoms with Crippen LogP contribution in [0.25, 0.3) is 28.2 Å². The van der Waals surface area contributed by atoms with Gasteiger partial charge in [-0.1, -0.05) is 42.5 Å². The van der Waals surface area contributed by atoms with Crippen LogP contribution >= 0.6 is 0 Å². The monoisotopic (exact) mass is 410 g/mol. The van der Waals surface area contributed by atoms with Gasteiger partial charge < -0.3 is 9.30 Å². The van der Waals surface area contributed by atoms with Crippen LogP contribution < -0.4 is 0 Å². The van der Waals surface area contributed by atoms with E-state index in [1.165, 1.54) is 27.7 Å². The third-order valence-electron chi connectivity index (χ3n) is 5.46. The number of carbonyl (C=O) groups is 1. The highest BCUT2D eigenvalue weighted by atomic mass is 16.5. The number of benzene rings is 2. The number of hydrogen-bond acceptors (Lipinski definition) is 3. The van der Waals surface area contributed by atoms with Crippen LogP contribution in [0.15, 0.2) is 78.6 Å². The van der Waals surface area contributed by atoms with E-state index in [1.54, 1.807) is 13.1 Å². The Morgan fingerprint density at radius 1 is 1.06 bits per heavy atom. The Morgan fingerprint density at radius 2 is 1.84 bits per heavy atom. The van der Waals surface area contributed by atoms with E-state index in [9.17, 15) is 4.79 Å². The van der Waals surface area contributed by atoms with Crippen LogP contribution in [0.4, 0.5) is 0 Å². The highest BCUT2D eigenvalue weighted by molar-refractivity contribution is 5.93. The van der Waals surface area contributed by atoms with Crippen molar-refractivity contribution < 1.29 is 9.53 Å². The fourth-order valence-electron chi connectivity index (χ4n) is 3.97. The van der Waals surface area contributed by atoms with Gasteiger partial charge in [-0.2, -0.15) is 0 Å². The molecule has 0 radical (unpaired) electrons. The van der Waals surface area contributed by atoms with Crippen molar-refractivity contribution in [3.63, 3.8) is 0 Å². The first-order valence-electron chi connectivity index (χ1n) is 10.5. The lowest BCUT2D eigenvalue weighted by molar-refractivity contribution is -0.138. The quantitative estimate of drug-likeness (QED) is 0.288. The molecule has 4 nitrogen and oxygen atoms in total. The number of hydrogen-bond donors (Lipinski definition) is 0. The molecule has 156 valence electrons. The van der Waals surface area contributed by atoms with E-state index in [2.05, 4.69) is 58.9 Å². The van der Waals surface area contributed by atoms with Crippen molar-refractivity contribution in [2.45, 2.75) is 27.3 Å². The molecule has 0 aliphatic rings. The molecule has 0 amide bonds. The lowest BCUT2D eigenvalue weighted by Gasteiger charge is -2.12. The largest absolute Gasteiger partial charge is 0.463 e. The molecule has 4 rings (SSSR count). The second-order valence-electron chi connectivity index (χ2n) is 7.61. The van der Waals surface area contributed by atoms with Crippen molar-refractivity contribution in [2.75, 3.05) is 6.61 Å². The van der Waals surface area contributed by atoms with Gasteiger partial charge in [0, 0.05) is 41.0 Å². The van der Waals surface area contributed by atoms with Gasteiger partial charge in [-0.3, -0.25) is 4.98 Å². The molecule has 4 heteroatoms. The van der Waals surface area contributed by atoms with Crippen LogP contribution in [-0.4, -0.2) is 22.1 Å². The first kappa shape index (κ1) is 20.6. The van der Waals surface area contributed by atoms with Gasteiger partial charge in [-0.15, -0.1) is 0 Å². The molecule has 0 aliphatic heterocycles. The Balaban J connectivity index is 1.69. The van der Waals surface area contributed by atoms with Crippen molar-refractivity contribution in [2.24, 2.45) is 0 Å². The minimum Gasteiger partial charge on any atom is -0.463 e. The van der Waals surface area contributed by atoms with Crippen molar-refractivity contribution in [1.29, 1.82) is 0 Å². The fraction of sp³-hybridized carbons (Fsp3) is 0.185. The summed E-state index contributed by atoms with van der Waals surface area (Å²) in [7, 11) is 0. The van der Waals surface area contributed by atoms with E-state index in [0.717, 1.165) is 17.7 Å². The number of pyridine rings is 1. The van der Waals surface area contributed by atoms with E-state index in [1.807, 2.05) is 37.4 Å². The van der Waals surface area contributed by atoms with E-state index < -0.39 is 0 Å². The molecule has 0 N–H and O–H groups in total. The summed E-state index contributed by atoms with van der Waals surface area (Å²) in [6.07, 6.45) is 5.58. The summed E-state index contributed by atoms with van der Waals surface area (Å²) in [6, 6.07) is 20.9. The first-order valence-corrected chi connectivity index (χ1v) is 10.5. The molecule has 0 spiro atoms. The minimum atomic E-state index is -0.276. The lowest BCUT2D eigenvalue weighted by Crippen LogP contribution is -2.05. The van der Waals surface area contributed by atoms with Crippen molar-refractivity contribution in [1.82, 2.24) is 9.55 Å². The molecule has 31 heavy (non-hydrogen) atoms. The minimum absolute atomic E-state index is 0.276. The summed E-state index contributed by atoms with van der Waals surface area (Å²) in [4.78, 5) is 16.2. The molecule has 0 aliphatic carbocycles. The zero-order chi connectivity index (χ0) is 21.8. The van der Waals surface area contributed by atoms with Gasteiger partial charge in [0.25, 0.3) is 0 Å². The number of rotatable bonds is 6. The molecule has 0 atom stereocenters. The van der Waals surface area contributed by atoms with Crippen molar-refractivity contribution in [3.8, 4) is 11.3 Å². The van der Waals surface area contributed by atoms with Gasteiger partial charge in [0.1, 0.15) is 0 Å². The van der Waals surface area contributed by atoms with E-state index >= 15 is 0 Å². The zero-order valence-electron chi connectivity index (χ0n) is 18.1. The molecular formula is C27H26N2O2. The summed E-state index contributed by atoms with van der Waals surface area (Å²) in [5, 5.41) is 1.26. The van der Waals surface area contributed by atoms with E-state index in [0.29, 0.717) is 12.2 Å². The zero-order valence-corrected chi connectivity index (χ0v) is 18.1. The predicted molar refractivity (Wildman–Crippen MR) is 126 cm³/mol. The van der Waals surface area contributed by atoms with E-state index in [-0.39, 0.29) is 5.97 Å². The second-order valence-corrected chi connectivity index (χ2v) is 7.61. The number of para-hydroxylation sites is 1. The maximum atomic E-state index is 11.9. The number of aryl methyl sites for hydroxylation is 1. The van der Waals surface area contributed by atoms with Crippen LogP contribution in [0.3, 0.4) is 0 Å².